The number of carbonyl (C=O) groups is 2. The Hall–Kier alpha value is -3.87. The Bertz CT molecular complexity index is 1410. The van der Waals surface area contributed by atoms with Crippen LogP contribution in [0.1, 0.15) is 86.5 Å². The van der Waals surface area contributed by atoms with E-state index in [0.717, 1.165) is 36.6 Å². The third kappa shape index (κ3) is 6.41. The predicted octanol–water partition coefficient (Wildman–Crippen LogP) is 6.90. The Morgan fingerprint density at radius 3 is 2.21 bits per heavy atom. The third-order valence-corrected chi connectivity index (χ3v) is 9.48. The fourth-order valence-electron chi connectivity index (χ4n) is 7.41. The average molecular weight is 582 g/mol. The number of likely N-dealkylation sites (tertiary alicyclic amines) is 1. The minimum Gasteiger partial charge on any atom is -0.487 e. The molecule has 6 rings (SSSR count). The molecule has 2 bridgehead atoms. The maximum atomic E-state index is 13.2. The number of hydrogen-bond acceptors (Lipinski definition) is 5. The van der Waals surface area contributed by atoms with E-state index in [0.29, 0.717) is 31.2 Å². The molecule has 2 amide bonds. The number of piperidine rings is 1. The summed E-state index contributed by atoms with van der Waals surface area (Å²) in [6, 6.07) is 22.8. The number of ether oxygens (including phenoxy) is 2. The predicted molar refractivity (Wildman–Crippen MR) is 166 cm³/mol. The number of aromatic nitrogens is 1. The van der Waals surface area contributed by atoms with Gasteiger partial charge in [-0.25, -0.2) is 4.79 Å². The van der Waals surface area contributed by atoms with E-state index < -0.39 is 5.60 Å². The number of fused-ring (bicyclic) bond motifs is 2. The van der Waals surface area contributed by atoms with Crippen LogP contribution in [-0.4, -0.2) is 46.6 Å². The first-order valence-corrected chi connectivity index (χ1v) is 15.7. The zero-order valence-electron chi connectivity index (χ0n) is 25.6. The third-order valence-electron chi connectivity index (χ3n) is 9.48. The van der Waals surface area contributed by atoms with E-state index in [1.165, 1.54) is 30.4 Å². The van der Waals surface area contributed by atoms with Crippen LogP contribution in [0, 0.1) is 11.8 Å². The van der Waals surface area contributed by atoms with Gasteiger partial charge >= 0.3 is 6.09 Å². The van der Waals surface area contributed by atoms with E-state index in [2.05, 4.69) is 46.7 Å². The van der Waals surface area contributed by atoms with Crippen molar-refractivity contribution in [2.75, 3.05) is 13.1 Å². The molecule has 0 radical (unpaired) electrons. The van der Waals surface area contributed by atoms with Crippen molar-refractivity contribution in [3.63, 3.8) is 0 Å². The molecule has 1 saturated heterocycles. The SMILES string of the molecule is CC(C)(C)OC(=O)N1CCC(NC(=O)c2ccc([C@]3(c4ccc(OCc5ccccn5)cc4)CC4CC[C@@H]3C4)cc2)CC1. The Kier molecular flexibility index (Phi) is 8.17. The van der Waals surface area contributed by atoms with Crippen molar-refractivity contribution < 1.29 is 19.1 Å². The molecule has 1 unspecified atom stereocenters. The summed E-state index contributed by atoms with van der Waals surface area (Å²) in [5, 5.41) is 3.19. The normalized spacial score (nSPS) is 23.7. The highest BCUT2D eigenvalue weighted by Crippen LogP contribution is 2.60. The molecule has 2 saturated carbocycles. The van der Waals surface area contributed by atoms with Gasteiger partial charge in [0.1, 0.15) is 18.0 Å². The van der Waals surface area contributed by atoms with Gasteiger partial charge in [-0.15, -0.1) is 0 Å². The zero-order valence-corrected chi connectivity index (χ0v) is 25.6. The Morgan fingerprint density at radius 2 is 1.63 bits per heavy atom. The second-order valence-electron chi connectivity index (χ2n) is 13.5. The molecule has 3 fully saturated rings. The van der Waals surface area contributed by atoms with Gasteiger partial charge in [0, 0.05) is 36.3 Å². The number of carbonyl (C=O) groups excluding carboxylic acids is 2. The molecule has 3 aliphatic rings. The zero-order chi connectivity index (χ0) is 30.0. The maximum absolute atomic E-state index is 13.2. The molecule has 0 spiro atoms. The fourth-order valence-corrected chi connectivity index (χ4v) is 7.41. The van der Waals surface area contributed by atoms with Gasteiger partial charge in [-0.3, -0.25) is 9.78 Å². The number of nitrogens with one attached hydrogen (secondary N) is 1. The minimum absolute atomic E-state index is 0.0358. The van der Waals surface area contributed by atoms with Gasteiger partial charge in [-0.2, -0.15) is 0 Å². The van der Waals surface area contributed by atoms with Gasteiger partial charge in [0.05, 0.1) is 5.69 Å². The number of benzene rings is 2. The molecule has 1 aromatic heterocycles. The van der Waals surface area contributed by atoms with Gasteiger partial charge in [0.25, 0.3) is 5.91 Å². The molecular weight excluding hydrogens is 538 g/mol. The molecule has 1 aliphatic heterocycles. The molecule has 43 heavy (non-hydrogen) atoms. The standard InChI is InChI=1S/C36H43N3O4/c1-35(2,3)43-34(41)39-20-17-30(18-21-39)38-33(40)26-8-11-27(12-9-26)36(23-25-7-10-29(36)22-25)28-13-15-32(16-14-28)42-24-31-6-4-5-19-37-31/h4-6,8-9,11-16,19,25,29-30H,7,10,17-18,20-24H2,1-3H3,(H,38,40)/t25?,29-,36+/m1/s1. The Balaban J connectivity index is 1.11. The van der Waals surface area contributed by atoms with Crippen LogP contribution in [0.3, 0.4) is 0 Å². The van der Waals surface area contributed by atoms with Crippen LogP contribution in [0.4, 0.5) is 4.79 Å². The highest BCUT2D eigenvalue weighted by Gasteiger charge is 2.52. The first-order valence-electron chi connectivity index (χ1n) is 15.7. The van der Waals surface area contributed by atoms with E-state index in [-0.39, 0.29) is 23.5 Å². The van der Waals surface area contributed by atoms with Crippen LogP contribution >= 0.6 is 0 Å². The highest BCUT2D eigenvalue weighted by molar-refractivity contribution is 5.94. The van der Waals surface area contributed by atoms with Crippen LogP contribution in [0.15, 0.2) is 72.9 Å². The van der Waals surface area contributed by atoms with Crippen molar-refractivity contribution in [3.05, 3.63) is 95.3 Å². The molecule has 7 nitrogen and oxygen atoms in total. The molecule has 2 heterocycles. The topological polar surface area (TPSA) is 80.8 Å². The van der Waals surface area contributed by atoms with Crippen LogP contribution in [0.25, 0.3) is 0 Å². The first-order chi connectivity index (χ1) is 20.7. The number of amides is 2. The monoisotopic (exact) mass is 581 g/mol. The van der Waals surface area contributed by atoms with Crippen LogP contribution in [0.5, 0.6) is 5.75 Å². The van der Waals surface area contributed by atoms with Gasteiger partial charge in [-0.1, -0.05) is 36.8 Å². The lowest BCUT2D eigenvalue weighted by molar-refractivity contribution is 0.0199. The lowest BCUT2D eigenvalue weighted by Gasteiger charge is -2.39. The molecule has 1 N–H and O–H groups in total. The van der Waals surface area contributed by atoms with Crippen molar-refractivity contribution in [1.29, 1.82) is 0 Å². The maximum Gasteiger partial charge on any atom is 0.410 e. The summed E-state index contributed by atoms with van der Waals surface area (Å²) in [6.45, 7) is 7.23. The number of rotatable bonds is 7. The fraction of sp³-hybridized carbons (Fsp3) is 0.472. The van der Waals surface area contributed by atoms with E-state index in [1.807, 2.05) is 51.1 Å². The van der Waals surface area contributed by atoms with Gasteiger partial charge in [0.2, 0.25) is 0 Å². The summed E-state index contributed by atoms with van der Waals surface area (Å²) in [4.78, 5) is 31.7. The lowest BCUT2D eigenvalue weighted by Crippen LogP contribution is -2.47. The molecular formula is C36H43N3O4. The van der Waals surface area contributed by atoms with E-state index >= 15 is 0 Å². The van der Waals surface area contributed by atoms with E-state index in [9.17, 15) is 9.59 Å². The minimum atomic E-state index is -0.511. The van der Waals surface area contributed by atoms with Crippen molar-refractivity contribution in [2.24, 2.45) is 11.8 Å². The quantitative estimate of drug-likeness (QED) is 0.328. The number of hydrogen-bond donors (Lipinski definition) is 1. The van der Waals surface area contributed by atoms with E-state index in [1.54, 1.807) is 11.1 Å². The summed E-state index contributed by atoms with van der Waals surface area (Å²) < 4.78 is 11.5. The summed E-state index contributed by atoms with van der Waals surface area (Å²) in [6.07, 6.45) is 7.91. The lowest BCUT2D eigenvalue weighted by atomic mass is 9.64. The Labute approximate surface area is 255 Å². The van der Waals surface area contributed by atoms with Crippen molar-refractivity contribution in [2.45, 2.75) is 83.0 Å². The van der Waals surface area contributed by atoms with Crippen molar-refractivity contribution in [1.82, 2.24) is 15.2 Å². The van der Waals surface area contributed by atoms with Crippen LogP contribution < -0.4 is 10.1 Å². The van der Waals surface area contributed by atoms with E-state index in [4.69, 9.17) is 9.47 Å². The van der Waals surface area contributed by atoms with Gasteiger partial charge < -0.3 is 19.7 Å². The highest BCUT2D eigenvalue weighted by atomic mass is 16.6. The molecule has 2 aromatic carbocycles. The molecule has 2 aliphatic carbocycles. The van der Waals surface area contributed by atoms with Crippen LogP contribution in [-0.2, 0) is 16.8 Å². The summed E-state index contributed by atoms with van der Waals surface area (Å²) in [5.74, 6) is 2.14. The average Bonchev–Trinajstić information content (AvgIpc) is 3.63. The smallest absolute Gasteiger partial charge is 0.410 e. The Morgan fingerprint density at radius 1 is 0.930 bits per heavy atom. The number of pyridine rings is 1. The summed E-state index contributed by atoms with van der Waals surface area (Å²) in [5.41, 5.74) is 3.67. The van der Waals surface area contributed by atoms with Gasteiger partial charge in [0.15, 0.2) is 0 Å². The molecule has 3 aromatic rings. The molecule has 7 heteroatoms. The summed E-state index contributed by atoms with van der Waals surface area (Å²) >= 11 is 0. The largest absolute Gasteiger partial charge is 0.487 e. The first kappa shape index (κ1) is 29.2. The second-order valence-corrected chi connectivity index (χ2v) is 13.5. The number of nitrogens with zero attached hydrogens (tertiary/aromatic N) is 2. The summed E-state index contributed by atoms with van der Waals surface area (Å²) in [7, 11) is 0. The molecule has 226 valence electrons. The van der Waals surface area contributed by atoms with Crippen LogP contribution in [0.2, 0.25) is 0 Å². The van der Waals surface area contributed by atoms with Crippen molar-refractivity contribution in [3.8, 4) is 5.75 Å². The molecule has 3 atom stereocenters. The second kappa shape index (κ2) is 12.0. The van der Waals surface area contributed by atoms with Gasteiger partial charge in [-0.05, 0) is 112 Å². The van der Waals surface area contributed by atoms with Crippen molar-refractivity contribution >= 4 is 12.0 Å².